The van der Waals surface area contributed by atoms with Crippen LogP contribution < -0.4 is 0 Å². The van der Waals surface area contributed by atoms with Crippen LogP contribution in [0, 0.1) is 0 Å². The van der Waals surface area contributed by atoms with E-state index in [9.17, 15) is 0 Å². The first-order chi connectivity index (χ1) is 26.7. The number of nitrogens with zero attached hydrogens (tertiary/aromatic N) is 5. The van der Waals surface area contributed by atoms with Crippen molar-refractivity contribution >= 4 is 0 Å². The molecular formula is C49H33N5. The summed E-state index contributed by atoms with van der Waals surface area (Å²) in [6, 6.07) is 68.2. The van der Waals surface area contributed by atoms with Crippen LogP contribution >= 0.6 is 0 Å². The molecule has 0 aliphatic heterocycles. The van der Waals surface area contributed by atoms with Crippen molar-refractivity contribution in [1.82, 2.24) is 24.9 Å². The molecule has 5 nitrogen and oxygen atoms in total. The van der Waals surface area contributed by atoms with Gasteiger partial charge in [-0.1, -0.05) is 182 Å². The highest BCUT2D eigenvalue weighted by atomic mass is 15.0. The Morgan fingerprint density at radius 1 is 0.185 bits per heavy atom. The van der Waals surface area contributed by atoms with Crippen molar-refractivity contribution in [2.24, 2.45) is 0 Å². The summed E-state index contributed by atoms with van der Waals surface area (Å²) in [4.78, 5) is 24.8. The first-order valence-electron chi connectivity index (χ1n) is 17.9. The highest BCUT2D eigenvalue weighted by molar-refractivity contribution is 5.78. The maximum absolute atomic E-state index is 5.01. The van der Waals surface area contributed by atoms with E-state index in [1.165, 1.54) is 0 Å². The Labute approximate surface area is 314 Å². The SMILES string of the molecule is c1ccc(-c2cc(-c3ccccc3)nc(-c3ccc(-c4cccc(-c5cccc(-c6nc(-c7ccccc7)nc(-c7ccccc7)n6)c5)c4)cc3)n2)cc1. The average Bonchev–Trinajstić information content (AvgIpc) is 3.27. The Morgan fingerprint density at radius 3 is 0.944 bits per heavy atom. The molecule has 2 aromatic heterocycles. The third-order valence-electron chi connectivity index (χ3n) is 9.36. The van der Waals surface area contributed by atoms with Crippen LogP contribution in [0.4, 0.5) is 0 Å². The van der Waals surface area contributed by atoms with Gasteiger partial charge in [0.25, 0.3) is 0 Å². The van der Waals surface area contributed by atoms with E-state index >= 15 is 0 Å². The fraction of sp³-hybridized carbons (Fsp3) is 0. The maximum Gasteiger partial charge on any atom is 0.164 e. The summed E-state index contributed by atoms with van der Waals surface area (Å²) in [5.41, 5.74) is 12.1. The van der Waals surface area contributed by atoms with Crippen molar-refractivity contribution < 1.29 is 0 Å². The number of aromatic nitrogens is 5. The molecule has 0 amide bonds. The predicted octanol–water partition coefficient (Wildman–Crippen LogP) is 12.0. The minimum atomic E-state index is 0.630. The van der Waals surface area contributed by atoms with E-state index in [2.05, 4.69) is 103 Å². The zero-order valence-electron chi connectivity index (χ0n) is 29.3. The van der Waals surface area contributed by atoms with Gasteiger partial charge >= 0.3 is 0 Å². The molecule has 9 rings (SSSR count). The Morgan fingerprint density at radius 2 is 0.481 bits per heavy atom. The molecule has 0 spiro atoms. The minimum absolute atomic E-state index is 0.630. The van der Waals surface area contributed by atoms with Gasteiger partial charge in [-0.2, -0.15) is 0 Å². The summed E-state index contributed by atoms with van der Waals surface area (Å²) >= 11 is 0. The van der Waals surface area contributed by atoms with Gasteiger partial charge < -0.3 is 0 Å². The third-order valence-corrected chi connectivity index (χ3v) is 9.36. The lowest BCUT2D eigenvalue weighted by Gasteiger charge is -2.11. The van der Waals surface area contributed by atoms with Gasteiger partial charge in [-0.3, -0.25) is 0 Å². The molecule has 0 aliphatic rings. The Kier molecular flexibility index (Phi) is 8.86. The second kappa shape index (κ2) is 14.7. The average molecular weight is 692 g/mol. The molecule has 0 atom stereocenters. The van der Waals surface area contributed by atoms with E-state index < -0.39 is 0 Å². The summed E-state index contributed by atoms with van der Waals surface area (Å²) in [6.45, 7) is 0. The summed E-state index contributed by atoms with van der Waals surface area (Å²) in [7, 11) is 0. The van der Waals surface area contributed by atoms with Gasteiger partial charge in [-0.15, -0.1) is 0 Å². The molecule has 7 aromatic carbocycles. The first kappa shape index (κ1) is 32.5. The van der Waals surface area contributed by atoms with Gasteiger partial charge in [-0.25, -0.2) is 24.9 Å². The van der Waals surface area contributed by atoms with Crippen LogP contribution in [-0.2, 0) is 0 Å². The third kappa shape index (κ3) is 6.94. The van der Waals surface area contributed by atoms with E-state index in [4.69, 9.17) is 24.9 Å². The zero-order valence-corrected chi connectivity index (χ0v) is 29.3. The van der Waals surface area contributed by atoms with Gasteiger partial charge in [-0.05, 0) is 40.5 Å². The monoisotopic (exact) mass is 691 g/mol. The van der Waals surface area contributed by atoms with Crippen molar-refractivity contribution in [3.8, 4) is 90.3 Å². The summed E-state index contributed by atoms with van der Waals surface area (Å²) in [5, 5.41) is 0. The van der Waals surface area contributed by atoms with Gasteiger partial charge in [0, 0.05) is 33.4 Å². The molecule has 0 aliphatic carbocycles. The molecular weight excluding hydrogens is 659 g/mol. The largest absolute Gasteiger partial charge is 0.228 e. The molecule has 0 saturated heterocycles. The lowest BCUT2D eigenvalue weighted by Crippen LogP contribution is -2.00. The number of hydrogen-bond acceptors (Lipinski definition) is 5. The molecule has 9 aromatic rings. The topological polar surface area (TPSA) is 64.5 Å². The maximum atomic E-state index is 5.01. The Balaban J connectivity index is 1.04. The van der Waals surface area contributed by atoms with Gasteiger partial charge in [0.15, 0.2) is 23.3 Å². The van der Waals surface area contributed by atoms with E-state index in [1.807, 2.05) is 97.1 Å². The Bertz CT molecular complexity index is 2560. The fourth-order valence-electron chi connectivity index (χ4n) is 6.56. The molecule has 254 valence electrons. The van der Waals surface area contributed by atoms with Crippen molar-refractivity contribution in [2.75, 3.05) is 0 Å². The van der Waals surface area contributed by atoms with Crippen LogP contribution in [0.1, 0.15) is 0 Å². The van der Waals surface area contributed by atoms with Gasteiger partial charge in [0.2, 0.25) is 0 Å². The molecule has 0 radical (unpaired) electrons. The van der Waals surface area contributed by atoms with Crippen LogP contribution in [0.15, 0.2) is 200 Å². The van der Waals surface area contributed by atoms with Crippen LogP contribution in [0.5, 0.6) is 0 Å². The highest BCUT2D eigenvalue weighted by Crippen LogP contribution is 2.32. The predicted molar refractivity (Wildman–Crippen MR) is 219 cm³/mol. The van der Waals surface area contributed by atoms with Crippen molar-refractivity contribution in [1.29, 1.82) is 0 Å². The van der Waals surface area contributed by atoms with E-state index in [0.29, 0.717) is 23.3 Å². The van der Waals surface area contributed by atoms with Crippen LogP contribution in [-0.4, -0.2) is 24.9 Å². The standard InChI is InChI=1S/C49H33N5/c1-5-15-35(16-6-1)44-33-45(36-17-7-2-8-18-36)51-46(50-44)39-29-27-34(28-30-39)40-23-13-24-41(31-40)42-25-14-26-43(32-42)49-53-47(37-19-9-3-10-20-37)52-48(54-49)38-21-11-4-12-22-38/h1-33H. The molecule has 0 bridgehead atoms. The molecule has 0 saturated carbocycles. The molecule has 5 heteroatoms. The Hall–Kier alpha value is -7.37. The molecule has 0 N–H and O–H groups in total. The molecule has 2 heterocycles. The van der Waals surface area contributed by atoms with Gasteiger partial charge in [0.05, 0.1) is 11.4 Å². The zero-order chi connectivity index (χ0) is 36.1. The number of rotatable bonds is 8. The van der Waals surface area contributed by atoms with Crippen LogP contribution in [0.3, 0.4) is 0 Å². The normalized spacial score (nSPS) is 11.0. The quantitative estimate of drug-likeness (QED) is 0.159. The molecule has 0 unspecified atom stereocenters. The molecule has 54 heavy (non-hydrogen) atoms. The highest BCUT2D eigenvalue weighted by Gasteiger charge is 2.14. The minimum Gasteiger partial charge on any atom is -0.228 e. The van der Waals surface area contributed by atoms with Crippen LogP contribution in [0.25, 0.3) is 90.3 Å². The smallest absolute Gasteiger partial charge is 0.164 e. The van der Waals surface area contributed by atoms with E-state index in [1.54, 1.807) is 0 Å². The van der Waals surface area contributed by atoms with Crippen molar-refractivity contribution in [3.05, 3.63) is 200 Å². The van der Waals surface area contributed by atoms with E-state index in [-0.39, 0.29) is 0 Å². The summed E-state index contributed by atoms with van der Waals surface area (Å²) in [6.07, 6.45) is 0. The summed E-state index contributed by atoms with van der Waals surface area (Å²) < 4.78 is 0. The first-order valence-corrected chi connectivity index (χ1v) is 17.9. The summed E-state index contributed by atoms with van der Waals surface area (Å²) in [5.74, 6) is 2.61. The van der Waals surface area contributed by atoms with Crippen LogP contribution in [0.2, 0.25) is 0 Å². The van der Waals surface area contributed by atoms with Gasteiger partial charge in [0.1, 0.15) is 0 Å². The lowest BCUT2D eigenvalue weighted by molar-refractivity contribution is 1.07. The number of hydrogen-bond donors (Lipinski definition) is 0. The van der Waals surface area contributed by atoms with E-state index in [0.717, 1.165) is 67.0 Å². The van der Waals surface area contributed by atoms with Crippen molar-refractivity contribution in [3.63, 3.8) is 0 Å². The number of benzene rings is 7. The lowest BCUT2D eigenvalue weighted by atomic mass is 9.97. The second-order valence-corrected chi connectivity index (χ2v) is 13.0. The fourth-order valence-corrected chi connectivity index (χ4v) is 6.56. The second-order valence-electron chi connectivity index (χ2n) is 13.0. The molecule has 0 fully saturated rings. The van der Waals surface area contributed by atoms with Crippen molar-refractivity contribution in [2.45, 2.75) is 0 Å².